The Kier molecular flexibility index (Phi) is 7.00. The topological polar surface area (TPSA) is 187 Å². The van der Waals surface area contributed by atoms with Crippen LogP contribution in [0.2, 0.25) is 0 Å². The highest BCUT2D eigenvalue weighted by atomic mass is 16.4. The Morgan fingerprint density at radius 1 is 0.972 bits per heavy atom. The average molecular weight is 507 g/mol. The number of fused-ring (bicyclic) bond motifs is 3. The van der Waals surface area contributed by atoms with Crippen LogP contribution in [-0.4, -0.2) is 67.2 Å². The molecule has 5 aliphatic carbocycles. The number of primary amides is 1. The molecule has 1 amide bonds. The van der Waals surface area contributed by atoms with E-state index in [1.165, 1.54) is 0 Å². The van der Waals surface area contributed by atoms with Gasteiger partial charge < -0.3 is 37.0 Å². The fourth-order valence-electron chi connectivity index (χ4n) is 8.71. The lowest BCUT2D eigenvalue weighted by molar-refractivity contribution is -0.230. The Labute approximate surface area is 211 Å². The van der Waals surface area contributed by atoms with Crippen LogP contribution < -0.4 is 11.5 Å². The molecular weight excluding hydrogens is 464 g/mol. The maximum atomic E-state index is 13.8. The van der Waals surface area contributed by atoms with Crippen LogP contribution in [0, 0.1) is 41.4 Å². The van der Waals surface area contributed by atoms with Crippen LogP contribution in [0.3, 0.4) is 0 Å². The van der Waals surface area contributed by atoms with Gasteiger partial charge in [0.15, 0.2) is 0 Å². The molecule has 0 aromatic rings. The van der Waals surface area contributed by atoms with Crippen molar-refractivity contribution in [2.75, 3.05) is 0 Å². The molecule has 0 aromatic carbocycles. The number of Topliss-reactive ketones (excluding diaryl/α,β-unsaturated/α-hetero) is 1. The molecule has 5 rings (SSSR count). The number of aliphatic hydroxyl groups excluding tert-OH is 4. The van der Waals surface area contributed by atoms with Crippen molar-refractivity contribution in [3.05, 3.63) is 11.3 Å². The van der Waals surface area contributed by atoms with Crippen LogP contribution in [0.25, 0.3) is 0 Å². The van der Waals surface area contributed by atoms with Gasteiger partial charge >= 0.3 is 0 Å². The molecule has 0 radical (unpaired) electrons. The van der Waals surface area contributed by atoms with Gasteiger partial charge in [0.05, 0.1) is 17.8 Å². The molecule has 0 aromatic heterocycles. The van der Waals surface area contributed by atoms with E-state index in [1.54, 1.807) is 0 Å². The van der Waals surface area contributed by atoms with Gasteiger partial charge in [0, 0.05) is 30.2 Å². The van der Waals surface area contributed by atoms with Crippen molar-refractivity contribution in [2.24, 2.45) is 52.9 Å². The maximum Gasteiger partial charge on any atom is 0.250 e. The molecule has 0 bridgehead atoms. The third kappa shape index (κ3) is 4.11. The predicted octanol–water partition coefficient (Wildman–Crippen LogP) is 0.667. The second-order valence-electron chi connectivity index (χ2n) is 12.5. The smallest absolute Gasteiger partial charge is 0.250 e. The van der Waals surface area contributed by atoms with E-state index in [-0.39, 0.29) is 29.8 Å². The van der Waals surface area contributed by atoms with Crippen molar-refractivity contribution in [3.63, 3.8) is 0 Å². The lowest BCUT2D eigenvalue weighted by atomic mass is 9.49. The summed E-state index contributed by atoms with van der Waals surface area (Å²) in [7, 11) is 0. The molecule has 0 aliphatic heterocycles. The summed E-state index contributed by atoms with van der Waals surface area (Å²) < 4.78 is 0. The summed E-state index contributed by atoms with van der Waals surface area (Å²) in [5, 5.41) is 55.0. The molecule has 5 aliphatic rings. The van der Waals surface area contributed by atoms with Gasteiger partial charge in [-0.2, -0.15) is 0 Å². The molecule has 0 spiro atoms. The second-order valence-corrected chi connectivity index (χ2v) is 12.5. The minimum absolute atomic E-state index is 0.0190. The number of hydrogen-bond donors (Lipinski definition) is 7. The molecule has 36 heavy (non-hydrogen) atoms. The first-order valence-corrected chi connectivity index (χ1v) is 13.8. The van der Waals surface area contributed by atoms with E-state index in [1.807, 2.05) is 0 Å². The van der Waals surface area contributed by atoms with Crippen LogP contribution in [0.15, 0.2) is 11.3 Å². The van der Waals surface area contributed by atoms with Crippen molar-refractivity contribution in [1.29, 1.82) is 0 Å². The number of carbonyl (C=O) groups is 2. The first kappa shape index (κ1) is 26.1. The number of aliphatic hydroxyl groups is 5. The first-order chi connectivity index (χ1) is 17.0. The van der Waals surface area contributed by atoms with Crippen LogP contribution in [0.4, 0.5) is 0 Å². The van der Waals surface area contributed by atoms with E-state index >= 15 is 0 Å². The zero-order valence-electron chi connectivity index (χ0n) is 20.8. The summed E-state index contributed by atoms with van der Waals surface area (Å²) in [6, 6.07) is 0.311. The van der Waals surface area contributed by atoms with Gasteiger partial charge in [-0.25, -0.2) is 0 Å². The van der Waals surface area contributed by atoms with E-state index in [4.69, 9.17) is 11.5 Å². The highest BCUT2D eigenvalue weighted by Gasteiger charge is 2.65. The number of rotatable bonds is 4. The Balaban J connectivity index is 1.37. The lowest BCUT2D eigenvalue weighted by Crippen LogP contribution is -2.70. The van der Waals surface area contributed by atoms with Gasteiger partial charge in [-0.05, 0) is 81.5 Å². The SMILES string of the molecule is NC(=O)C1=C(O)C[C@@H]2C[C@@H]3CC4C(CCC5CCC(N)CC5)CCC(O)C4C(=O)C3C(O)[C@]2(O)C1O. The fraction of sp³-hybridized carbons (Fsp3) is 0.852. The Bertz CT molecular complexity index is 916. The van der Waals surface area contributed by atoms with E-state index in [0.29, 0.717) is 37.1 Å². The minimum atomic E-state index is -2.17. The molecule has 7 unspecified atom stereocenters. The predicted molar refractivity (Wildman–Crippen MR) is 130 cm³/mol. The summed E-state index contributed by atoms with van der Waals surface area (Å²) in [6.45, 7) is 0. The summed E-state index contributed by atoms with van der Waals surface area (Å²) >= 11 is 0. The van der Waals surface area contributed by atoms with Gasteiger partial charge in [0.25, 0.3) is 5.91 Å². The fourth-order valence-corrected chi connectivity index (χ4v) is 8.71. The zero-order valence-corrected chi connectivity index (χ0v) is 20.8. The zero-order chi connectivity index (χ0) is 25.9. The number of nitrogens with two attached hydrogens (primary N) is 2. The average Bonchev–Trinajstić information content (AvgIpc) is 2.81. The molecule has 0 heterocycles. The second kappa shape index (κ2) is 9.66. The van der Waals surface area contributed by atoms with Crippen LogP contribution in [-0.2, 0) is 9.59 Å². The van der Waals surface area contributed by atoms with Crippen molar-refractivity contribution in [1.82, 2.24) is 0 Å². The summed E-state index contributed by atoms with van der Waals surface area (Å²) in [4.78, 5) is 25.7. The normalized spacial score (nSPS) is 49.1. The number of hydrogen-bond acceptors (Lipinski definition) is 8. The van der Waals surface area contributed by atoms with Gasteiger partial charge in [0.2, 0.25) is 0 Å². The summed E-state index contributed by atoms with van der Waals surface area (Å²) in [5.41, 5.74) is 8.72. The first-order valence-electron chi connectivity index (χ1n) is 13.8. The molecule has 9 heteroatoms. The molecule has 202 valence electrons. The van der Waals surface area contributed by atoms with Gasteiger partial charge in [-0.15, -0.1) is 0 Å². The van der Waals surface area contributed by atoms with Crippen LogP contribution >= 0.6 is 0 Å². The third-order valence-corrected chi connectivity index (χ3v) is 10.7. The summed E-state index contributed by atoms with van der Waals surface area (Å²) in [5.74, 6) is -3.16. The minimum Gasteiger partial charge on any atom is -0.512 e. The highest BCUT2D eigenvalue weighted by molar-refractivity contribution is 5.94. The number of ketones is 1. The monoisotopic (exact) mass is 506 g/mol. The highest BCUT2D eigenvalue weighted by Crippen LogP contribution is 2.57. The van der Waals surface area contributed by atoms with E-state index in [2.05, 4.69) is 0 Å². The molecule has 10 atom stereocenters. The van der Waals surface area contributed by atoms with Gasteiger partial charge in [-0.1, -0.05) is 6.42 Å². The molecule has 0 saturated heterocycles. The Hall–Kier alpha value is -1.52. The molecule has 4 saturated carbocycles. The summed E-state index contributed by atoms with van der Waals surface area (Å²) in [6.07, 6.45) is 4.56. The number of carbonyl (C=O) groups excluding carboxylic acids is 2. The quantitative estimate of drug-likeness (QED) is 0.290. The van der Waals surface area contributed by atoms with Gasteiger partial charge in [0.1, 0.15) is 23.2 Å². The molecule has 9 N–H and O–H groups in total. The lowest BCUT2D eigenvalue weighted by Gasteiger charge is -2.58. The molecule has 9 nitrogen and oxygen atoms in total. The molecule has 4 fully saturated rings. The maximum absolute atomic E-state index is 13.8. The standard InChI is InChI=1S/C27H42N2O7/c28-16-6-2-12(3-7-16)1-4-13-5-8-18(30)21-17(13)10-14-9-15-11-19(31)22(26(29)35)25(34)27(15,36)24(33)20(14)23(21)32/h12-18,20-21,24-25,30-31,33-34,36H,1-11,28H2,(H2,29,35)/t12?,13?,14-,15+,16?,17?,18?,20?,21?,24?,25?,27+/m1/s1. The number of allylic oxidation sites excluding steroid dienone is 1. The van der Waals surface area contributed by atoms with Gasteiger partial charge in [-0.3, -0.25) is 9.59 Å². The number of amides is 1. The van der Waals surface area contributed by atoms with E-state index < -0.39 is 53.1 Å². The van der Waals surface area contributed by atoms with Crippen LogP contribution in [0.5, 0.6) is 0 Å². The Morgan fingerprint density at radius 3 is 2.33 bits per heavy atom. The molecular formula is C27H42N2O7. The third-order valence-electron chi connectivity index (χ3n) is 10.7. The van der Waals surface area contributed by atoms with Crippen molar-refractivity contribution < 1.29 is 35.1 Å². The van der Waals surface area contributed by atoms with Crippen molar-refractivity contribution in [3.8, 4) is 0 Å². The van der Waals surface area contributed by atoms with Crippen LogP contribution in [0.1, 0.15) is 70.6 Å². The van der Waals surface area contributed by atoms with E-state index in [0.717, 1.165) is 44.9 Å². The Morgan fingerprint density at radius 2 is 1.67 bits per heavy atom. The van der Waals surface area contributed by atoms with Crippen molar-refractivity contribution >= 4 is 11.7 Å². The van der Waals surface area contributed by atoms with Crippen molar-refractivity contribution in [2.45, 2.75) is 101 Å². The van der Waals surface area contributed by atoms with E-state index in [9.17, 15) is 35.1 Å². The largest absolute Gasteiger partial charge is 0.512 e.